The predicted octanol–water partition coefficient (Wildman–Crippen LogP) is 4.27. The van der Waals surface area contributed by atoms with E-state index in [9.17, 15) is 9.90 Å². The van der Waals surface area contributed by atoms with Crippen molar-refractivity contribution in [3.63, 3.8) is 0 Å². The molecule has 3 saturated carbocycles. The van der Waals surface area contributed by atoms with Crippen LogP contribution in [0.15, 0.2) is 11.8 Å². The SMILES string of the molecule is CC(=O)[C@@]1(O)CC[C@H]2[C@@H]3C[C@H](C)C4=Cc5nn(P)cc5C[C@]4(C)[C@H]3CC[C@@]21C. The van der Waals surface area contributed by atoms with E-state index in [-0.39, 0.29) is 16.6 Å². The smallest absolute Gasteiger partial charge is 0.161 e. The van der Waals surface area contributed by atoms with Crippen molar-refractivity contribution in [2.75, 3.05) is 0 Å². The molecule has 1 N–H and O–H groups in total. The number of ketones is 1. The van der Waals surface area contributed by atoms with Gasteiger partial charge in [-0.25, -0.2) is 0 Å². The number of carbonyl (C=O) groups is 1. The van der Waals surface area contributed by atoms with Crippen LogP contribution in [0.3, 0.4) is 0 Å². The Balaban J connectivity index is 1.55. The zero-order valence-electron chi connectivity index (χ0n) is 17.5. The van der Waals surface area contributed by atoms with E-state index in [0.717, 1.165) is 31.4 Å². The van der Waals surface area contributed by atoms with Gasteiger partial charge in [-0.15, -0.1) is 0 Å². The number of fused-ring (bicyclic) bond motifs is 6. The van der Waals surface area contributed by atoms with Crippen LogP contribution in [0.1, 0.15) is 71.1 Å². The van der Waals surface area contributed by atoms with Gasteiger partial charge in [0.15, 0.2) is 5.78 Å². The second-order valence-corrected chi connectivity index (χ2v) is 11.2. The highest BCUT2D eigenvalue weighted by molar-refractivity contribution is 7.14. The molecule has 0 spiro atoms. The summed E-state index contributed by atoms with van der Waals surface area (Å²) < 4.78 is 1.87. The maximum Gasteiger partial charge on any atom is 0.161 e. The average Bonchev–Trinajstić information content (AvgIpc) is 3.10. The minimum Gasteiger partial charge on any atom is -0.382 e. The minimum absolute atomic E-state index is 0.0261. The topological polar surface area (TPSA) is 55.1 Å². The van der Waals surface area contributed by atoms with Crippen molar-refractivity contribution in [2.45, 2.75) is 71.8 Å². The zero-order chi connectivity index (χ0) is 20.1. The normalized spacial score (nSPS) is 46.9. The summed E-state index contributed by atoms with van der Waals surface area (Å²) >= 11 is 0. The van der Waals surface area contributed by atoms with E-state index < -0.39 is 5.60 Å². The van der Waals surface area contributed by atoms with Crippen molar-refractivity contribution in [3.05, 3.63) is 23.0 Å². The predicted molar refractivity (Wildman–Crippen MR) is 114 cm³/mol. The van der Waals surface area contributed by atoms with Crippen molar-refractivity contribution < 1.29 is 9.90 Å². The quantitative estimate of drug-likeness (QED) is 0.717. The molecule has 1 heterocycles. The van der Waals surface area contributed by atoms with Gasteiger partial charge in [-0.3, -0.25) is 9.25 Å². The van der Waals surface area contributed by atoms with E-state index in [1.165, 1.54) is 12.0 Å². The van der Waals surface area contributed by atoms with E-state index in [1.54, 1.807) is 12.5 Å². The summed E-state index contributed by atoms with van der Waals surface area (Å²) in [5, 5.41) is 16.0. The first-order valence-electron chi connectivity index (χ1n) is 10.9. The number of nitrogens with zero attached hydrogens (tertiary/aromatic N) is 2. The summed E-state index contributed by atoms with van der Waals surface area (Å²) in [4.78, 5) is 12.4. The van der Waals surface area contributed by atoms with Gasteiger partial charge in [0.2, 0.25) is 0 Å². The molecule has 28 heavy (non-hydrogen) atoms. The van der Waals surface area contributed by atoms with Gasteiger partial charge in [-0.2, -0.15) is 5.10 Å². The molecule has 0 bridgehead atoms. The monoisotopic (exact) mass is 400 g/mol. The van der Waals surface area contributed by atoms with Crippen molar-refractivity contribution in [1.29, 1.82) is 0 Å². The summed E-state index contributed by atoms with van der Waals surface area (Å²) in [6.45, 7) is 8.65. The number of aliphatic hydroxyl groups is 1. The lowest BCUT2D eigenvalue weighted by molar-refractivity contribution is -0.160. The molecule has 3 fully saturated rings. The number of aromatic nitrogens is 2. The first-order valence-corrected chi connectivity index (χ1v) is 11.4. The van der Waals surface area contributed by atoms with Gasteiger partial charge in [0.25, 0.3) is 0 Å². The Bertz CT molecular complexity index is 891. The zero-order valence-corrected chi connectivity index (χ0v) is 18.7. The minimum atomic E-state index is -1.12. The van der Waals surface area contributed by atoms with Crippen LogP contribution < -0.4 is 0 Å². The van der Waals surface area contributed by atoms with Crippen LogP contribution in [-0.2, 0) is 11.2 Å². The Labute approximate surface area is 170 Å². The summed E-state index contributed by atoms with van der Waals surface area (Å²) in [7, 11) is 2.67. The number of Topliss-reactive ketones (excluding diaryl/α,β-unsaturated/α-hetero) is 1. The highest BCUT2D eigenvalue weighted by Crippen LogP contribution is 2.68. The van der Waals surface area contributed by atoms with Crippen LogP contribution in [0, 0.1) is 34.5 Å². The van der Waals surface area contributed by atoms with Crippen LogP contribution in [0.5, 0.6) is 0 Å². The molecular formula is C23H33N2O2P. The Hall–Kier alpha value is -0.990. The molecule has 1 aromatic rings. The molecule has 152 valence electrons. The van der Waals surface area contributed by atoms with Gasteiger partial charge in [0.05, 0.1) is 5.69 Å². The Kier molecular flexibility index (Phi) is 3.93. The van der Waals surface area contributed by atoms with Crippen LogP contribution >= 0.6 is 9.39 Å². The molecule has 5 heteroatoms. The van der Waals surface area contributed by atoms with E-state index in [4.69, 9.17) is 0 Å². The van der Waals surface area contributed by atoms with Gasteiger partial charge in [0.1, 0.15) is 5.60 Å². The van der Waals surface area contributed by atoms with Crippen LogP contribution in [0.2, 0.25) is 0 Å². The standard InChI is InChI=1S/C23H33N2O2P/c1-13-9-16-17(5-7-22(4)18(16)6-8-23(22,27)14(2)26)21(3)11-15-12-25(28)24-20(15)10-19(13)21/h10,12-13,16-18,27H,5-9,11,28H2,1-4H3/t13-,16+,17-,18-,21+,22-,23-/m0/s1. The first-order chi connectivity index (χ1) is 13.1. The van der Waals surface area contributed by atoms with Crippen molar-refractivity contribution in [2.24, 2.45) is 34.5 Å². The molecule has 1 aromatic heterocycles. The lowest BCUT2D eigenvalue weighted by Crippen LogP contribution is -2.58. The van der Waals surface area contributed by atoms with Crippen LogP contribution in [0.4, 0.5) is 0 Å². The summed E-state index contributed by atoms with van der Waals surface area (Å²) in [6, 6.07) is 0. The third kappa shape index (κ3) is 2.20. The fraction of sp³-hybridized carbons (Fsp3) is 0.739. The highest BCUT2D eigenvalue weighted by Gasteiger charge is 2.66. The molecular weight excluding hydrogens is 367 g/mol. The van der Waals surface area contributed by atoms with Gasteiger partial charge in [0, 0.05) is 11.6 Å². The molecule has 0 radical (unpaired) electrons. The largest absolute Gasteiger partial charge is 0.382 e. The maximum absolute atomic E-state index is 12.4. The van der Waals surface area contributed by atoms with Crippen molar-refractivity contribution >= 4 is 21.2 Å². The first kappa shape index (κ1) is 19.0. The molecule has 8 atom stereocenters. The maximum atomic E-state index is 12.4. The second-order valence-electron chi connectivity index (χ2n) is 10.6. The number of rotatable bonds is 1. The lowest BCUT2D eigenvalue weighted by atomic mass is 9.44. The van der Waals surface area contributed by atoms with Crippen molar-refractivity contribution in [3.8, 4) is 0 Å². The number of hydrogen-bond donors (Lipinski definition) is 1. The molecule has 0 aliphatic heterocycles. The van der Waals surface area contributed by atoms with Gasteiger partial charge in [-0.05, 0) is 95.6 Å². The molecule has 4 aliphatic carbocycles. The molecule has 0 aromatic carbocycles. The summed E-state index contributed by atoms with van der Waals surface area (Å²) in [5.41, 5.74) is 2.86. The third-order valence-corrected chi connectivity index (χ3v) is 9.76. The molecule has 5 rings (SSSR count). The summed E-state index contributed by atoms with van der Waals surface area (Å²) in [5.74, 6) is 2.18. The molecule has 4 aliphatic rings. The fourth-order valence-corrected chi connectivity index (χ4v) is 8.40. The van der Waals surface area contributed by atoms with E-state index in [0.29, 0.717) is 30.1 Å². The third-order valence-electron chi connectivity index (χ3n) is 9.50. The molecule has 0 amide bonds. The van der Waals surface area contributed by atoms with Gasteiger partial charge >= 0.3 is 0 Å². The van der Waals surface area contributed by atoms with E-state index in [1.807, 2.05) is 4.45 Å². The lowest BCUT2D eigenvalue weighted by Gasteiger charge is -2.60. The molecule has 0 saturated heterocycles. The molecule has 4 nitrogen and oxygen atoms in total. The van der Waals surface area contributed by atoms with Crippen LogP contribution in [-0.4, -0.2) is 26.0 Å². The van der Waals surface area contributed by atoms with E-state index >= 15 is 0 Å². The highest BCUT2D eigenvalue weighted by atomic mass is 31.0. The Morgan fingerprint density at radius 2 is 2.00 bits per heavy atom. The number of hydrogen-bond acceptors (Lipinski definition) is 3. The van der Waals surface area contributed by atoms with Crippen molar-refractivity contribution in [1.82, 2.24) is 9.55 Å². The Morgan fingerprint density at radius 3 is 2.71 bits per heavy atom. The molecule has 1 unspecified atom stereocenters. The number of allylic oxidation sites excluding steroid dienone is 1. The fourth-order valence-electron chi connectivity index (χ4n) is 8.10. The Morgan fingerprint density at radius 1 is 1.29 bits per heavy atom. The second kappa shape index (κ2) is 5.79. The van der Waals surface area contributed by atoms with Crippen LogP contribution in [0.25, 0.3) is 6.08 Å². The van der Waals surface area contributed by atoms with Gasteiger partial charge in [-0.1, -0.05) is 26.3 Å². The van der Waals surface area contributed by atoms with E-state index in [2.05, 4.69) is 47.5 Å². The summed E-state index contributed by atoms with van der Waals surface area (Å²) in [6.07, 6.45) is 10.5. The van der Waals surface area contributed by atoms with Gasteiger partial charge < -0.3 is 5.11 Å². The number of carbonyl (C=O) groups excluding carboxylic acids is 1. The average molecular weight is 401 g/mol.